The van der Waals surface area contributed by atoms with Crippen LogP contribution in [0.1, 0.15) is 50.6 Å². The van der Waals surface area contributed by atoms with Crippen LogP contribution in [0.25, 0.3) is 0 Å². The van der Waals surface area contributed by atoms with E-state index in [1.165, 1.54) is 12.7 Å². The summed E-state index contributed by atoms with van der Waals surface area (Å²) in [7, 11) is 0. The normalized spacial score (nSPS) is 28.3. The molecule has 0 spiro atoms. The summed E-state index contributed by atoms with van der Waals surface area (Å²) < 4.78 is 10.7. The number of ether oxygens (including phenoxy) is 1. The first-order chi connectivity index (χ1) is 8.58. The van der Waals surface area contributed by atoms with E-state index in [1.807, 2.05) is 0 Å². The summed E-state index contributed by atoms with van der Waals surface area (Å²) in [4.78, 5) is 11.9. The van der Waals surface area contributed by atoms with Crippen LogP contribution in [0.4, 0.5) is 0 Å². The van der Waals surface area contributed by atoms with Gasteiger partial charge in [-0.3, -0.25) is 0 Å². The number of esters is 1. The van der Waals surface area contributed by atoms with Crippen LogP contribution in [-0.4, -0.2) is 12.1 Å². The molecule has 0 N–H and O–H groups in total. The predicted molar refractivity (Wildman–Crippen MR) is 69.3 cm³/mol. The van der Waals surface area contributed by atoms with E-state index in [2.05, 4.69) is 20.8 Å². The van der Waals surface area contributed by atoms with E-state index in [1.54, 1.807) is 12.1 Å². The van der Waals surface area contributed by atoms with E-state index in [9.17, 15) is 4.79 Å². The van der Waals surface area contributed by atoms with Gasteiger partial charge in [-0.15, -0.1) is 0 Å². The van der Waals surface area contributed by atoms with Crippen LogP contribution < -0.4 is 0 Å². The molecule has 1 aromatic rings. The fourth-order valence-electron chi connectivity index (χ4n) is 2.84. The molecule has 3 heteroatoms. The highest BCUT2D eigenvalue weighted by Crippen LogP contribution is 2.35. The first-order valence-electron chi connectivity index (χ1n) is 6.82. The lowest BCUT2D eigenvalue weighted by Crippen LogP contribution is -2.35. The average molecular weight is 250 g/mol. The fraction of sp³-hybridized carbons (Fsp3) is 0.667. The number of carbonyl (C=O) groups excluding carboxylic acids is 1. The SMILES string of the molecule is CC(C)[C@H]1CC[C@H](C)C[C@@H]1OC(=O)c1ccco1. The van der Waals surface area contributed by atoms with E-state index >= 15 is 0 Å². The van der Waals surface area contributed by atoms with E-state index in [0.717, 1.165) is 12.8 Å². The van der Waals surface area contributed by atoms with Crippen LogP contribution in [-0.2, 0) is 4.74 Å². The first-order valence-corrected chi connectivity index (χ1v) is 6.82. The first kappa shape index (κ1) is 13.2. The molecule has 0 aliphatic heterocycles. The Kier molecular flexibility index (Phi) is 4.10. The molecule has 0 saturated heterocycles. The summed E-state index contributed by atoms with van der Waals surface area (Å²) in [5.74, 6) is 1.63. The smallest absolute Gasteiger partial charge is 0.374 e. The minimum absolute atomic E-state index is 0.0337. The van der Waals surface area contributed by atoms with Crippen LogP contribution in [0, 0.1) is 17.8 Å². The second kappa shape index (κ2) is 5.59. The Labute approximate surface area is 109 Å². The van der Waals surface area contributed by atoms with Crippen molar-refractivity contribution in [3.8, 4) is 0 Å². The van der Waals surface area contributed by atoms with E-state index in [0.29, 0.717) is 23.5 Å². The van der Waals surface area contributed by atoms with Gasteiger partial charge < -0.3 is 9.15 Å². The number of furan rings is 1. The molecule has 3 atom stereocenters. The van der Waals surface area contributed by atoms with Crippen molar-refractivity contribution in [1.29, 1.82) is 0 Å². The van der Waals surface area contributed by atoms with E-state index < -0.39 is 0 Å². The van der Waals surface area contributed by atoms with Gasteiger partial charge in [-0.05, 0) is 42.7 Å². The predicted octanol–water partition coefficient (Wildman–Crippen LogP) is 3.90. The zero-order valence-electron chi connectivity index (χ0n) is 11.4. The van der Waals surface area contributed by atoms with Crippen molar-refractivity contribution in [2.45, 2.75) is 46.1 Å². The molecule has 0 radical (unpaired) electrons. The largest absolute Gasteiger partial charge is 0.457 e. The maximum absolute atomic E-state index is 11.9. The molecule has 18 heavy (non-hydrogen) atoms. The molecule has 0 amide bonds. The second-order valence-electron chi connectivity index (χ2n) is 5.75. The van der Waals surface area contributed by atoms with Gasteiger partial charge in [0.2, 0.25) is 5.76 Å². The molecular weight excluding hydrogens is 228 g/mol. The molecule has 0 bridgehead atoms. The summed E-state index contributed by atoms with van der Waals surface area (Å²) in [6, 6.07) is 3.36. The molecule has 0 unspecified atom stereocenters. The lowest BCUT2D eigenvalue weighted by molar-refractivity contribution is -0.0198. The molecule has 1 heterocycles. The van der Waals surface area contributed by atoms with Gasteiger partial charge in [-0.1, -0.05) is 27.2 Å². The average Bonchev–Trinajstić information content (AvgIpc) is 2.81. The Balaban J connectivity index is 2.02. The zero-order valence-corrected chi connectivity index (χ0v) is 11.4. The van der Waals surface area contributed by atoms with Crippen molar-refractivity contribution < 1.29 is 13.9 Å². The topological polar surface area (TPSA) is 39.4 Å². The third-order valence-corrected chi connectivity index (χ3v) is 3.94. The molecule has 1 saturated carbocycles. The van der Waals surface area contributed by atoms with Crippen LogP contribution in [0.2, 0.25) is 0 Å². The van der Waals surface area contributed by atoms with Gasteiger partial charge >= 0.3 is 5.97 Å². The van der Waals surface area contributed by atoms with Crippen molar-refractivity contribution in [1.82, 2.24) is 0 Å². The number of hydrogen-bond acceptors (Lipinski definition) is 3. The summed E-state index contributed by atoms with van der Waals surface area (Å²) in [6.07, 6.45) is 4.88. The highest BCUT2D eigenvalue weighted by Gasteiger charge is 2.33. The lowest BCUT2D eigenvalue weighted by atomic mass is 9.75. The van der Waals surface area contributed by atoms with Gasteiger partial charge in [0.1, 0.15) is 6.10 Å². The van der Waals surface area contributed by atoms with Gasteiger partial charge in [-0.25, -0.2) is 4.79 Å². The summed E-state index contributed by atoms with van der Waals surface area (Å²) in [5, 5.41) is 0. The molecule has 1 aliphatic rings. The molecule has 3 nitrogen and oxygen atoms in total. The van der Waals surface area contributed by atoms with E-state index in [-0.39, 0.29) is 12.1 Å². The Morgan fingerprint density at radius 2 is 2.22 bits per heavy atom. The molecule has 2 rings (SSSR count). The Morgan fingerprint density at radius 1 is 1.44 bits per heavy atom. The summed E-state index contributed by atoms with van der Waals surface area (Å²) in [5.41, 5.74) is 0. The molecule has 1 fully saturated rings. The van der Waals surface area contributed by atoms with Gasteiger partial charge in [0.05, 0.1) is 6.26 Å². The molecule has 100 valence electrons. The lowest BCUT2D eigenvalue weighted by Gasteiger charge is -2.36. The minimum atomic E-state index is -0.329. The monoisotopic (exact) mass is 250 g/mol. The highest BCUT2D eigenvalue weighted by molar-refractivity contribution is 5.86. The van der Waals surface area contributed by atoms with Crippen LogP contribution in [0.5, 0.6) is 0 Å². The Hall–Kier alpha value is -1.25. The number of rotatable bonds is 3. The molecule has 0 aromatic carbocycles. The fourth-order valence-corrected chi connectivity index (χ4v) is 2.84. The highest BCUT2D eigenvalue weighted by atomic mass is 16.6. The van der Waals surface area contributed by atoms with Crippen molar-refractivity contribution in [2.75, 3.05) is 0 Å². The number of hydrogen-bond donors (Lipinski definition) is 0. The van der Waals surface area contributed by atoms with Crippen molar-refractivity contribution in [3.05, 3.63) is 24.2 Å². The summed E-state index contributed by atoms with van der Waals surface area (Å²) >= 11 is 0. The molecular formula is C15H22O3. The van der Waals surface area contributed by atoms with Crippen LogP contribution >= 0.6 is 0 Å². The maximum atomic E-state index is 11.9. The van der Waals surface area contributed by atoms with Gasteiger partial charge in [0, 0.05) is 0 Å². The van der Waals surface area contributed by atoms with Crippen LogP contribution in [0.3, 0.4) is 0 Å². The second-order valence-corrected chi connectivity index (χ2v) is 5.75. The minimum Gasteiger partial charge on any atom is -0.457 e. The van der Waals surface area contributed by atoms with Gasteiger partial charge in [0.15, 0.2) is 0 Å². The summed E-state index contributed by atoms with van der Waals surface area (Å²) in [6.45, 7) is 6.63. The standard InChI is InChI=1S/C15H22O3/c1-10(2)12-7-6-11(3)9-14(12)18-15(16)13-5-4-8-17-13/h4-5,8,10-12,14H,6-7,9H2,1-3H3/t11-,12+,14-/m0/s1. The Morgan fingerprint density at radius 3 is 2.83 bits per heavy atom. The molecule has 1 aliphatic carbocycles. The quantitative estimate of drug-likeness (QED) is 0.764. The van der Waals surface area contributed by atoms with E-state index in [4.69, 9.17) is 9.15 Å². The van der Waals surface area contributed by atoms with Crippen LogP contribution in [0.15, 0.2) is 22.8 Å². The van der Waals surface area contributed by atoms with Gasteiger partial charge in [0.25, 0.3) is 0 Å². The third kappa shape index (κ3) is 2.95. The zero-order chi connectivity index (χ0) is 13.1. The third-order valence-electron chi connectivity index (χ3n) is 3.94. The van der Waals surface area contributed by atoms with Crippen molar-refractivity contribution >= 4 is 5.97 Å². The van der Waals surface area contributed by atoms with Gasteiger partial charge in [-0.2, -0.15) is 0 Å². The van der Waals surface area contributed by atoms with Crippen molar-refractivity contribution in [2.24, 2.45) is 17.8 Å². The Bertz CT molecular complexity index is 380. The number of carbonyl (C=O) groups is 1. The van der Waals surface area contributed by atoms with Crippen molar-refractivity contribution in [3.63, 3.8) is 0 Å². The maximum Gasteiger partial charge on any atom is 0.374 e. The molecule has 1 aromatic heterocycles.